The van der Waals surface area contributed by atoms with Gasteiger partial charge in [-0.3, -0.25) is 28.7 Å². The second-order valence-electron chi connectivity index (χ2n) is 9.72. The summed E-state index contributed by atoms with van der Waals surface area (Å²) in [6, 6.07) is 13.1. The minimum atomic E-state index is -1.58. The van der Waals surface area contributed by atoms with Gasteiger partial charge in [-0.1, -0.05) is 11.2 Å². The highest BCUT2D eigenvalue weighted by Gasteiger charge is 2.42. The summed E-state index contributed by atoms with van der Waals surface area (Å²) in [7, 11) is 0. The third kappa shape index (κ3) is 6.35. The number of anilines is 2. The van der Waals surface area contributed by atoms with E-state index in [0.717, 1.165) is 26.2 Å². The first-order chi connectivity index (χ1) is 19.8. The van der Waals surface area contributed by atoms with Gasteiger partial charge in [0.1, 0.15) is 0 Å². The summed E-state index contributed by atoms with van der Waals surface area (Å²) in [4.78, 5) is 68.7. The highest BCUT2D eigenvalue weighted by atomic mass is 16.6. The molecule has 3 amide bonds. The van der Waals surface area contributed by atoms with Crippen molar-refractivity contribution in [3.8, 4) is 11.4 Å². The van der Waals surface area contributed by atoms with Crippen LogP contribution in [0.3, 0.4) is 0 Å². The zero-order chi connectivity index (χ0) is 28.9. The van der Waals surface area contributed by atoms with E-state index in [1.807, 2.05) is 4.90 Å². The number of likely N-dealkylation sites (tertiary alicyclic amines) is 1. The lowest BCUT2D eigenvalue weighted by Gasteiger charge is -2.35. The maximum Gasteiger partial charge on any atom is 0.439 e. The van der Waals surface area contributed by atoms with Gasteiger partial charge in [0.25, 0.3) is 17.7 Å². The smallest absolute Gasteiger partial charge is 0.439 e. The van der Waals surface area contributed by atoms with Gasteiger partial charge in [-0.05, 0) is 61.7 Å². The van der Waals surface area contributed by atoms with Crippen LogP contribution in [0.4, 0.5) is 11.4 Å². The predicted octanol–water partition coefficient (Wildman–Crippen LogP) is 1.96. The molecule has 1 aromatic heterocycles. The van der Waals surface area contributed by atoms with Gasteiger partial charge in [0.2, 0.25) is 6.10 Å². The number of nitrogens with zero attached hydrogens (tertiary/aromatic N) is 3. The van der Waals surface area contributed by atoms with E-state index in [9.17, 15) is 24.0 Å². The van der Waals surface area contributed by atoms with Gasteiger partial charge in [-0.15, -0.1) is 0 Å². The molecule has 0 unspecified atom stereocenters. The van der Waals surface area contributed by atoms with E-state index >= 15 is 0 Å². The van der Waals surface area contributed by atoms with Crippen molar-refractivity contribution < 1.29 is 33.2 Å². The van der Waals surface area contributed by atoms with Gasteiger partial charge < -0.3 is 24.6 Å². The highest BCUT2D eigenvalue weighted by molar-refractivity contribution is 6.05. The number of nitrogens with one attached hydrogen (secondary N) is 2. The molecule has 0 saturated carbocycles. The SMILES string of the molecule is CC(=O)O[C@@H](C(=O)Nc1ccc(-c2noc(=O)[nH]2)cc1)[C@H]1OCCN(c2cccc(C(=O)N3CCCCC3)c2)C1=O. The van der Waals surface area contributed by atoms with Crippen LogP contribution < -0.4 is 16.0 Å². The van der Waals surface area contributed by atoms with Crippen molar-refractivity contribution in [3.63, 3.8) is 0 Å². The standard InChI is InChI=1S/C28H29N5O8/c1-17(34)40-22(25(35)29-20-10-8-18(9-11-20)24-30-28(38)41-31-24)23-27(37)33(14-15-39-23)21-7-5-6-19(16-21)26(36)32-12-3-2-4-13-32/h5-11,16,22-23H,2-4,12-15H2,1H3,(H,29,35)(H,30,31,38)/t22-,23-/m1/s1. The van der Waals surface area contributed by atoms with Gasteiger partial charge in [0.15, 0.2) is 11.9 Å². The minimum Gasteiger partial charge on any atom is -0.449 e. The number of esters is 1. The van der Waals surface area contributed by atoms with E-state index in [-0.39, 0.29) is 24.9 Å². The topological polar surface area (TPSA) is 164 Å². The molecule has 2 aliphatic heterocycles. The molecule has 2 aromatic carbocycles. The summed E-state index contributed by atoms with van der Waals surface area (Å²) in [5, 5.41) is 6.24. The lowest BCUT2D eigenvalue weighted by Crippen LogP contribution is -2.56. The number of rotatable bonds is 7. The van der Waals surface area contributed by atoms with Crippen LogP contribution in [-0.2, 0) is 23.9 Å². The molecule has 0 spiro atoms. The van der Waals surface area contributed by atoms with E-state index in [2.05, 4.69) is 20.0 Å². The zero-order valence-electron chi connectivity index (χ0n) is 22.3. The number of hydrogen-bond acceptors (Lipinski definition) is 9. The fourth-order valence-corrected chi connectivity index (χ4v) is 4.88. The number of morpholine rings is 1. The summed E-state index contributed by atoms with van der Waals surface area (Å²) >= 11 is 0. The van der Waals surface area contributed by atoms with Crippen molar-refractivity contribution in [2.75, 3.05) is 36.5 Å². The van der Waals surface area contributed by atoms with Gasteiger partial charge in [-0.25, -0.2) is 4.79 Å². The number of aromatic nitrogens is 2. The molecule has 0 aliphatic carbocycles. The lowest BCUT2D eigenvalue weighted by atomic mass is 10.1. The Hall–Kier alpha value is -4.78. The summed E-state index contributed by atoms with van der Waals surface area (Å²) in [6.45, 7) is 2.80. The molecule has 3 heterocycles. The largest absolute Gasteiger partial charge is 0.449 e. The maximum absolute atomic E-state index is 13.6. The summed E-state index contributed by atoms with van der Waals surface area (Å²) in [5.41, 5.74) is 1.82. The van der Waals surface area contributed by atoms with Crippen LogP contribution >= 0.6 is 0 Å². The molecule has 214 valence electrons. The Bertz CT molecular complexity index is 1490. The van der Waals surface area contributed by atoms with Crippen molar-refractivity contribution in [1.82, 2.24) is 15.0 Å². The Morgan fingerprint density at radius 3 is 2.49 bits per heavy atom. The van der Waals surface area contributed by atoms with E-state index < -0.39 is 35.7 Å². The van der Waals surface area contributed by atoms with Crippen LogP contribution in [0.5, 0.6) is 0 Å². The normalized spacial score (nSPS) is 18.1. The van der Waals surface area contributed by atoms with Gasteiger partial charge in [0.05, 0.1) is 6.61 Å². The average Bonchev–Trinajstić information content (AvgIpc) is 3.42. The zero-order valence-corrected chi connectivity index (χ0v) is 22.3. The van der Waals surface area contributed by atoms with Crippen LogP contribution in [0.25, 0.3) is 11.4 Å². The van der Waals surface area contributed by atoms with E-state index in [0.29, 0.717) is 35.6 Å². The molecule has 0 radical (unpaired) electrons. The number of H-pyrrole nitrogens is 1. The van der Waals surface area contributed by atoms with Gasteiger partial charge in [-0.2, -0.15) is 0 Å². The Morgan fingerprint density at radius 2 is 1.80 bits per heavy atom. The van der Waals surface area contributed by atoms with Crippen LogP contribution in [0, 0.1) is 0 Å². The number of amides is 3. The summed E-state index contributed by atoms with van der Waals surface area (Å²) in [6.07, 6.45) is 0.0320. The molecule has 2 atom stereocenters. The second kappa shape index (κ2) is 12.2. The molecule has 41 heavy (non-hydrogen) atoms. The number of benzene rings is 2. The molecule has 2 saturated heterocycles. The molecular formula is C28H29N5O8. The van der Waals surface area contributed by atoms with Crippen LogP contribution in [0.15, 0.2) is 57.8 Å². The molecular weight excluding hydrogens is 534 g/mol. The van der Waals surface area contributed by atoms with Crippen molar-refractivity contribution in [3.05, 3.63) is 64.6 Å². The number of ether oxygens (including phenoxy) is 2. The molecule has 2 fully saturated rings. The average molecular weight is 564 g/mol. The predicted molar refractivity (Wildman–Crippen MR) is 145 cm³/mol. The molecule has 5 rings (SSSR count). The monoisotopic (exact) mass is 563 g/mol. The first-order valence-electron chi connectivity index (χ1n) is 13.3. The maximum atomic E-state index is 13.6. The van der Waals surface area contributed by atoms with Crippen molar-refractivity contribution in [2.45, 2.75) is 38.4 Å². The molecule has 13 heteroatoms. The minimum absolute atomic E-state index is 0.0797. The number of carbonyl (C=O) groups excluding carboxylic acids is 4. The van der Waals surface area contributed by atoms with Gasteiger partial charge >= 0.3 is 11.7 Å². The summed E-state index contributed by atoms with van der Waals surface area (Å²) < 4.78 is 15.4. The first-order valence-corrected chi connectivity index (χ1v) is 13.3. The lowest BCUT2D eigenvalue weighted by molar-refractivity contribution is -0.167. The fourth-order valence-electron chi connectivity index (χ4n) is 4.88. The Kier molecular flexibility index (Phi) is 8.24. The number of piperidine rings is 1. The molecule has 2 aliphatic rings. The highest BCUT2D eigenvalue weighted by Crippen LogP contribution is 2.25. The van der Waals surface area contributed by atoms with Crippen molar-refractivity contribution in [1.29, 1.82) is 0 Å². The van der Waals surface area contributed by atoms with Crippen molar-refractivity contribution in [2.24, 2.45) is 0 Å². The van der Waals surface area contributed by atoms with E-state index in [1.165, 1.54) is 4.90 Å². The number of carbonyl (C=O) groups is 4. The number of hydrogen-bond donors (Lipinski definition) is 2. The fraction of sp³-hybridized carbons (Fsp3) is 0.357. The van der Waals surface area contributed by atoms with E-state index in [1.54, 1.807) is 48.5 Å². The Morgan fingerprint density at radius 1 is 1.05 bits per heavy atom. The first kappa shape index (κ1) is 27.8. The number of aromatic amines is 1. The Labute approximate surface area is 234 Å². The molecule has 2 N–H and O–H groups in total. The molecule has 3 aromatic rings. The quantitative estimate of drug-likeness (QED) is 0.409. The van der Waals surface area contributed by atoms with Crippen molar-refractivity contribution >= 4 is 35.1 Å². The second-order valence-corrected chi connectivity index (χ2v) is 9.72. The van der Waals surface area contributed by atoms with Crippen LogP contribution in [-0.4, -0.2) is 77.2 Å². The molecule has 0 bridgehead atoms. The summed E-state index contributed by atoms with van der Waals surface area (Å²) in [5.74, 6) is -2.69. The van der Waals surface area contributed by atoms with Gasteiger partial charge in [0, 0.05) is 49.1 Å². The van der Waals surface area contributed by atoms with Crippen LogP contribution in [0.1, 0.15) is 36.5 Å². The third-order valence-electron chi connectivity index (χ3n) is 6.86. The Balaban J connectivity index is 1.32. The van der Waals surface area contributed by atoms with Crippen LogP contribution in [0.2, 0.25) is 0 Å². The van der Waals surface area contributed by atoms with E-state index in [4.69, 9.17) is 9.47 Å². The molecule has 13 nitrogen and oxygen atoms in total. The third-order valence-corrected chi connectivity index (χ3v) is 6.86.